The van der Waals surface area contributed by atoms with E-state index in [2.05, 4.69) is 9.26 Å². The number of esters is 1. The third-order valence-electron chi connectivity index (χ3n) is 4.32. The Morgan fingerprint density at radius 1 is 1.20 bits per heavy atom. The number of phosphoric ester groups is 2. The van der Waals surface area contributed by atoms with Gasteiger partial charge >= 0.3 is 33.9 Å². The number of rotatable bonds is 10. The number of likely N-dealkylation sites (N-methyl/N-ethyl adjacent to an activating group) is 1. The van der Waals surface area contributed by atoms with E-state index < -0.39 is 89.1 Å². The first-order valence-electron chi connectivity index (χ1n) is 10.4. The van der Waals surface area contributed by atoms with E-state index in [9.17, 15) is 36.7 Å². The molecule has 0 radical (unpaired) electrons. The van der Waals surface area contributed by atoms with Crippen molar-refractivity contribution in [1.82, 2.24) is 10.2 Å². The van der Waals surface area contributed by atoms with Crippen molar-refractivity contribution in [3.63, 3.8) is 0 Å². The van der Waals surface area contributed by atoms with Crippen LogP contribution in [0.3, 0.4) is 0 Å². The zero-order valence-corrected chi connectivity index (χ0v) is 27.9. The van der Waals surface area contributed by atoms with Crippen LogP contribution in [0, 0.1) is 0 Å². The van der Waals surface area contributed by atoms with Crippen molar-refractivity contribution in [2.24, 2.45) is 0 Å². The Morgan fingerprint density at radius 3 is 2.29 bits per heavy atom. The standard InChI is InChI=1S/C18H22ClF3N2O13P2.2Fm/c1-24(2)14(25)9-32-15(26)12-5-10(6-33-17(27)23-16(19)18(20,21)22)3-4-13(12)37-39(31)34-7-11(8-35-39)36-38(28,29)30;;/h3-5,11,16H,6-9H2,1-2H3,(H,23,27)(H2,28,29,30);;. The molecule has 1 atom stereocenters. The fourth-order valence-corrected chi connectivity index (χ4v) is 4.36. The molecule has 0 aromatic heterocycles. The van der Waals surface area contributed by atoms with Crippen LogP contribution in [0.25, 0.3) is 0 Å². The van der Waals surface area contributed by atoms with Gasteiger partial charge < -0.3 is 28.7 Å². The van der Waals surface area contributed by atoms with E-state index in [1.165, 1.54) is 25.5 Å². The Balaban J connectivity index is 0.00000800. The van der Waals surface area contributed by atoms with Crippen LogP contribution in [-0.4, -0.2) is 84.4 Å². The summed E-state index contributed by atoms with van der Waals surface area (Å²) >= 11 is 5.01. The molecule has 0 aliphatic carbocycles. The Hall–Kier alpha value is -4.43. The predicted octanol–water partition coefficient (Wildman–Crippen LogP) is 2.30. The third kappa shape index (κ3) is 11.7. The van der Waals surface area contributed by atoms with Gasteiger partial charge in [0.1, 0.15) is 24.0 Å². The summed E-state index contributed by atoms with van der Waals surface area (Å²) in [6.45, 7) is -2.63. The van der Waals surface area contributed by atoms with E-state index in [1.54, 1.807) is 0 Å². The maximum Gasteiger partial charge on any atom is 0.530 e. The summed E-state index contributed by atoms with van der Waals surface area (Å²) in [5, 5.41) is 1.35. The number of phosphoric acid groups is 2. The molecule has 1 aromatic carbocycles. The molecule has 1 fully saturated rings. The summed E-state index contributed by atoms with van der Waals surface area (Å²) in [5.74, 6) is -2.26. The fraction of sp³-hybridized carbons (Fsp3) is 0.500. The number of halogens is 4. The molecule has 1 heterocycles. The number of alkyl halides is 4. The number of carbonyl (C=O) groups excluding carboxylic acids is 3. The maximum absolute atomic E-state index is 12.8. The number of benzene rings is 1. The van der Waals surface area contributed by atoms with Crippen LogP contribution in [0.4, 0.5) is 18.0 Å². The second-order valence-electron chi connectivity index (χ2n) is 7.67. The minimum atomic E-state index is -4.94. The molecule has 0 saturated carbocycles. The van der Waals surface area contributed by atoms with Gasteiger partial charge in [-0.1, -0.05) is 17.7 Å². The van der Waals surface area contributed by atoms with E-state index in [0.717, 1.165) is 17.0 Å². The Morgan fingerprint density at radius 2 is 1.78 bits per heavy atom. The Bertz CT molecular complexity index is 1160. The van der Waals surface area contributed by atoms with Gasteiger partial charge in [-0.2, -0.15) is 13.2 Å². The van der Waals surface area contributed by atoms with Gasteiger partial charge in [-0.25, -0.2) is 18.7 Å². The van der Waals surface area contributed by atoms with Crippen LogP contribution < -0.4 is 9.84 Å². The molecule has 244 valence electrons. The fourth-order valence-electron chi connectivity index (χ4n) is 2.48. The molecule has 2 amide bonds. The number of amides is 2. The Labute approximate surface area is 223 Å². The molecule has 0 bridgehead atoms. The molecule has 23 heteroatoms. The second kappa shape index (κ2) is 14.3. The average molecular weight is 1140 g/mol. The van der Waals surface area contributed by atoms with E-state index in [1.807, 2.05) is 0 Å². The molecule has 1 aromatic rings. The molecular formula is C18H22ClF3Fm2N2O13P2. The Kier molecular flexibility index (Phi) is 12.7. The summed E-state index contributed by atoms with van der Waals surface area (Å²) in [5.41, 5.74) is -3.19. The zero-order chi connectivity index (χ0) is 29.6. The number of carbonyl (C=O) groups is 3. The van der Waals surface area contributed by atoms with Crippen LogP contribution in [0.5, 0.6) is 5.75 Å². The van der Waals surface area contributed by atoms with Crippen LogP contribution in [0.1, 0.15) is 15.9 Å². The van der Waals surface area contributed by atoms with Gasteiger partial charge in [-0.3, -0.25) is 23.7 Å². The SMILES string of the molecule is CN(C)C(=O)COC(=O)c1cc(COC(=O)NC(Cl)C(F)(F)F)ccc1OP1(=O)OCC(OP(=O)(O)O)CO1.[Fm].[Fm]. The van der Waals surface area contributed by atoms with Crippen LogP contribution in [0.2, 0.25) is 0 Å². The number of alkyl carbamates (subject to hydrolysis) is 1. The molecule has 1 aliphatic heterocycles. The number of nitrogens with zero attached hydrogens (tertiary/aromatic N) is 1. The van der Waals surface area contributed by atoms with Gasteiger partial charge in [0.2, 0.25) is 5.50 Å². The van der Waals surface area contributed by atoms with Crippen molar-refractivity contribution >= 4 is 45.2 Å². The average Bonchev–Trinajstić information content (AvgIpc) is 2.81. The van der Waals surface area contributed by atoms with E-state index in [4.69, 9.17) is 39.7 Å². The van der Waals surface area contributed by atoms with Crippen molar-refractivity contribution in [2.75, 3.05) is 33.9 Å². The molecule has 0 spiro atoms. The van der Waals surface area contributed by atoms with Gasteiger partial charge in [0, 0.05) is 14.1 Å². The number of nitrogens with one attached hydrogen (secondary N) is 1. The van der Waals surface area contributed by atoms with Crippen molar-refractivity contribution in [2.45, 2.75) is 24.4 Å². The number of hydrogen-bond donors (Lipinski definition) is 3. The molecule has 1 saturated heterocycles. The quantitative estimate of drug-likeness (QED) is 0.134. The van der Waals surface area contributed by atoms with Gasteiger partial charge in [0.25, 0.3) is 5.91 Å². The van der Waals surface area contributed by atoms with Gasteiger partial charge in [0.05, 0.1) is 13.2 Å². The topological polar surface area (TPSA) is 196 Å². The first-order chi connectivity index (χ1) is 17.9. The van der Waals surface area contributed by atoms with Gasteiger partial charge in [-0.05, 0) is 17.7 Å². The van der Waals surface area contributed by atoms with Gasteiger partial charge in [-0.15, -0.1) is 0 Å². The molecule has 1 aliphatic rings. The summed E-state index contributed by atoms with van der Waals surface area (Å²) < 4.78 is 90.1. The molecular weight excluding hydrogens is 1120 g/mol. The zero-order valence-electron chi connectivity index (χ0n) is 20.5. The summed E-state index contributed by atoms with van der Waals surface area (Å²) in [6, 6.07) is 3.20. The second-order valence-corrected chi connectivity index (χ2v) is 10.9. The summed E-state index contributed by atoms with van der Waals surface area (Å²) in [6.07, 6.45) is -7.77. The minimum Gasteiger partial charge on any atom is -0.452 e. The van der Waals surface area contributed by atoms with E-state index >= 15 is 0 Å². The van der Waals surface area contributed by atoms with Crippen molar-refractivity contribution in [3.05, 3.63) is 29.3 Å². The predicted molar refractivity (Wildman–Crippen MR) is 121 cm³/mol. The third-order valence-corrected chi connectivity index (χ3v) is 6.61. The van der Waals surface area contributed by atoms with Gasteiger partial charge in [0.15, 0.2) is 6.61 Å². The van der Waals surface area contributed by atoms with Crippen LogP contribution in [0.15, 0.2) is 18.2 Å². The molecule has 1 unspecified atom stereocenters. The minimum absolute atomic E-state index is 0. The summed E-state index contributed by atoms with van der Waals surface area (Å²) in [7, 11) is -6.59. The smallest absolute Gasteiger partial charge is 0.452 e. The molecule has 15 nitrogen and oxygen atoms in total. The monoisotopic (exact) mass is 1140 g/mol. The summed E-state index contributed by atoms with van der Waals surface area (Å²) in [4.78, 5) is 54.9. The van der Waals surface area contributed by atoms with E-state index in [0.29, 0.717) is 0 Å². The number of hydrogen-bond acceptors (Lipinski definition) is 11. The number of ether oxygens (including phenoxy) is 2. The van der Waals surface area contributed by atoms with Crippen LogP contribution in [-0.2, 0) is 43.6 Å². The molecule has 41 heavy (non-hydrogen) atoms. The van der Waals surface area contributed by atoms with Crippen molar-refractivity contribution in [1.29, 1.82) is 0 Å². The largest absolute Gasteiger partial charge is 0.530 e. The maximum atomic E-state index is 12.8. The van der Waals surface area contributed by atoms with Crippen molar-refractivity contribution < 1.29 is 74.0 Å². The molecule has 2 rings (SSSR count). The van der Waals surface area contributed by atoms with Crippen LogP contribution >= 0.6 is 27.2 Å². The first kappa shape index (κ1) is 36.6. The van der Waals surface area contributed by atoms with E-state index in [-0.39, 0.29) is 5.56 Å². The first-order valence-corrected chi connectivity index (χ1v) is 13.8. The van der Waals surface area contributed by atoms with Crippen molar-refractivity contribution in [3.8, 4) is 5.75 Å². The normalized spacial score (nSPS) is 19.5. The molecule has 3 N–H and O–H groups in total.